The highest BCUT2D eigenvalue weighted by Crippen LogP contribution is 2.34. The van der Waals surface area contributed by atoms with E-state index in [-0.39, 0.29) is 0 Å². The highest BCUT2D eigenvalue weighted by Gasteiger charge is 2.08. The topological polar surface area (TPSA) is 12.0 Å². The summed E-state index contributed by atoms with van der Waals surface area (Å²) in [5.41, 5.74) is 2.72. The summed E-state index contributed by atoms with van der Waals surface area (Å²) in [6, 6.07) is 10.9. The molecular formula is C15H19NS2. The molecule has 1 heterocycles. The fourth-order valence-electron chi connectivity index (χ4n) is 1.96. The zero-order valence-corrected chi connectivity index (χ0v) is 12.5. The molecule has 1 nitrogen and oxygen atoms in total. The fourth-order valence-corrected chi connectivity index (χ4v) is 3.96. The van der Waals surface area contributed by atoms with E-state index in [1.807, 2.05) is 30.1 Å². The molecule has 0 saturated carbocycles. The Morgan fingerprint density at radius 2 is 2.11 bits per heavy atom. The van der Waals surface area contributed by atoms with Crippen LogP contribution in [0.2, 0.25) is 0 Å². The van der Waals surface area contributed by atoms with Crippen LogP contribution in [0.25, 0.3) is 0 Å². The third kappa shape index (κ3) is 3.30. The van der Waals surface area contributed by atoms with Gasteiger partial charge >= 0.3 is 0 Å². The lowest BCUT2D eigenvalue weighted by Gasteiger charge is -2.13. The number of hydrogen-bond donors (Lipinski definition) is 1. The molecule has 1 aromatic carbocycles. The Balaban J connectivity index is 2.18. The van der Waals surface area contributed by atoms with Crippen LogP contribution in [-0.4, -0.2) is 7.05 Å². The van der Waals surface area contributed by atoms with Crippen LogP contribution in [0.3, 0.4) is 0 Å². The molecule has 0 aliphatic heterocycles. The van der Waals surface area contributed by atoms with E-state index in [4.69, 9.17) is 0 Å². The Labute approximate surface area is 118 Å². The minimum Gasteiger partial charge on any atom is -0.387 e. The zero-order chi connectivity index (χ0) is 12.8. The molecule has 0 spiro atoms. The minimum atomic E-state index is 1.06. The lowest BCUT2D eigenvalue weighted by Crippen LogP contribution is -1.96. The second-order valence-corrected chi connectivity index (χ2v) is 6.18. The first kappa shape index (κ1) is 13.5. The molecule has 18 heavy (non-hydrogen) atoms. The van der Waals surface area contributed by atoms with E-state index in [9.17, 15) is 0 Å². The van der Waals surface area contributed by atoms with E-state index in [0.29, 0.717) is 0 Å². The monoisotopic (exact) mass is 277 g/mol. The van der Waals surface area contributed by atoms with Crippen molar-refractivity contribution in [3.05, 3.63) is 46.2 Å². The molecule has 0 aliphatic carbocycles. The van der Waals surface area contributed by atoms with Crippen molar-refractivity contribution >= 4 is 28.8 Å². The van der Waals surface area contributed by atoms with Gasteiger partial charge in [0.15, 0.2) is 0 Å². The first-order valence-electron chi connectivity index (χ1n) is 6.30. The highest BCUT2D eigenvalue weighted by atomic mass is 32.2. The first-order valence-corrected chi connectivity index (χ1v) is 8.16. The second kappa shape index (κ2) is 6.86. The first-order chi connectivity index (χ1) is 8.85. The van der Waals surface area contributed by atoms with Crippen molar-refractivity contribution in [3.8, 4) is 0 Å². The number of hydrogen-bond acceptors (Lipinski definition) is 3. The molecule has 1 N–H and O–H groups in total. The molecule has 0 unspecified atom stereocenters. The van der Waals surface area contributed by atoms with Crippen LogP contribution in [0, 0.1) is 0 Å². The number of nitrogens with one attached hydrogen (secondary N) is 1. The van der Waals surface area contributed by atoms with Crippen molar-refractivity contribution in [2.24, 2.45) is 0 Å². The molecule has 0 fully saturated rings. The van der Waals surface area contributed by atoms with Gasteiger partial charge in [-0.25, -0.2) is 0 Å². The van der Waals surface area contributed by atoms with Gasteiger partial charge in [0.25, 0.3) is 0 Å². The summed E-state index contributed by atoms with van der Waals surface area (Å²) in [5.74, 6) is 1.06. The van der Waals surface area contributed by atoms with Crippen LogP contribution in [-0.2, 0) is 12.2 Å². The van der Waals surface area contributed by atoms with Gasteiger partial charge in [-0.05, 0) is 29.5 Å². The van der Waals surface area contributed by atoms with Crippen LogP contribution in [0.1, 0.15) is 23.8 Å². The third-order valence-electron chi connectivity index (χ3n) is 2.82. The largest absolute Gasteiger partial charge is 0.387 e. The van der Waals surface area contributed by atoms with Gasteiger partial charge in [-0.15, -0.1) is 23.1 Å². The van der Waals surface area contributed by atoms with E-state index in [1.165, 1.54) is 27.4 Å². The van der Waals surface area contributed by atoms with E-state index in [1.54, 1.807) is 0 Å². The summed E-state index contributed by atoms with van der Waals surface area (Å²) in [5, 5.41) is 5.45. The molecule has 0 saturated heterocycles. The predicted octanol–water partition coefficient (Wildman–Crippen LogP) is 5.03. The van der Waals surface area contributed by atoms with E-state index < -0.39 is 0 Å². The minimum absolute atomic E-state index is 1.06. The lowest BCUT2D eigenvalue weighted by atomic mass is 10.1. The van der Waals surface area contributed by atoms with Crippen molar-refractivity contribution in [2.45, 2.75) is 30.4 Å². The number of rotatable bonds is 6. The Morgan fingerprint density at radius 3 is 2.78 bits per heavy atom. The number of anilines is 1. The van der Waals surface area contributed by atoms with Crippen LogP contribution < -0.4 is 5.32 Å². The molecule has 2 rings (SSSR count). The maximum Gasteiger partial charge on any atom is 0.0478 e. The molecular weight excluding hydrogens is 258 g/mol. The molecule has 0 aliphatic rings. The Bertz CT molecular complexity index is 477. The van der Waals surface area contributed by atoms with E-state index in [2.05, 4.69) is 48.0 Å². The second-order valence-electron chi connectivity index (χ2n) is 4.16. The Hall–Kier alpha value is -0.930. The summed E-state index contributed by atoms with van der Waals surface area (Å²) in [4.78, 5) is 2.85. The van der Waals surface area contributed by atoms with Gasteiger partial charge in [0.05, 0.1) is 0 Å². The van der Waals surface area contributed by atoms with Gasteiger partial charge in [-0.2, -0.15) is 0 Å². The number of aryl methyl sites for hydroxylation is 1. The molecule has 0 atom stereocenters. The maximum absolute atomic E-state index is 3.31. The Morgan fingerprint density at radius 1 is 1.22 bits per heavy atom. The molecule has 0 bridgehead atoms. The van der Waals surface area contributed by atoms with Gasteiger partial charge in [0.1, 0.15) is 0 Å². The lowest BCUT2D eigenvalue weighted by molar-refractivity contribution is 0.901. The molecule has 0 amide bonds. The fraction of sp³-hybridized carbons (Fsp3) is 0.333. The number of thiophene rings is 1. The summed E-state index contributed by atoms with van der Waals surface area (Å²) >= 11 is 3.78. The third-order valence-corrected chi connectivity index (χ3v) is 5.11. The van der Waals surface area contributed by atoms with Crippen LogP contribution in [0.15, 0.2) is 40.6 Å². The number of benzene rings is 1. The quantitative estimate of drug-likeness (QED) is 0.743. The predicted molar refractivity (Wildman–Crippen MR) is 83.9 cm³/mol. The van der Waals surface area contributed by atoms with Crippen molar-refractivity contribution in [1.29, 1.82) is 0 Å². The van der Waals surface area contributed by atoms with E-state index in [0.717, 1.165) is 12.2 Å². The zero-order valence-electron chi connectivity index (χ0n) is 10.9. The van der Waals surface area contributed by atoms with Crippen molar-refractivity contribution < 1.29 is 0 Å². The normalized spacial score (nSPS) is 10.6. The standard InChI is InChI=1S/C15H19NS2/c1-3-6-12-7-4-9-14(16-2)15(12)18-11-13-8-5-10-17-13/h4-5,7-10,16H,3,6,11H2,1-2H3. The number of thioether (sulfide) groups is 1. The van der Waals surface area contributed by atoms with E-state index >= 15 is 0 Å². The maximum atomic E-state index is 3.31. The average Bonchev–Trinajstić information content (AvgIpc) is 2.90. The molecule has 2 aromatic rings. The van der Waals surface area contributed by atoms with Crippen molar-refractivity contribution in [2.75, 3.05) is 12.4 Å². The van der Waals surface area contributed by atoms with Gasteiger partial charge in [-0.1, -0.05) is 31.5 Å². The summed E-state index contributed by atoms with van der Waals surface area (Å²) in [7, 11) is 2.00. The Kier molecular flexibility index (Phi) is 5.14. The van der Waals surface area contributed by atoms with Crippen LogP contribution in [0.4, 0.5) is 5.69 Å². The molecule has 0 radical (unpaired) electrons. The summed E-state index contributed by atoms with van der Waals surface area (Å²) in [6.07, 6.45) is 2.35. The summed E-state index contributed by atoms with van der Waals surface area (Å²) in [6.45, 7) is 2.24. The van der Waals surface area contributed by atoms with Crippen molar-refractivity contribution in [3.63, 3.8) is 0 Å². The smallest absolute Gasteiger partial charge is 0.0478 e. The van der Waals surface area contributed by atoms with Gasteiger partial charge in [-0.3, -0.25) is 0 Å². The van der Waals surface area contributed by atoms with Crippen molar-refractivity contribution in [1.82, 2.24) is 0 Å². The molecule has 96 valence electrons. The van der Waals surface area contributed by atoms with Gasteiger partial charge in [0.2, 0.25) is 0 Å². The molecule has 3 heteroatoms. The van der Waals surface area contributed by atoms with Crippen LogP contribution in [0.5, 0.6) is 0 Å². The average molecular weight is 277 g/mol. The van der Waals surface area contributed by atoms with Crippen LogP contribution >= 0.6 is 23.1 Å². The summed E-state index contributed by atoms with van der Waals surface area (Å²) < 4.78 is 0. The van der Waals surface area contributed by atoms with Gasteiger partial charge < -0.3 is 5.32 Å². The SMILES string of the molecule is CCCc1cccc(NC)c1SCc1cccs1. The van der Waals surface area contributed by atoms with Gasteiger partial charge in [0, 0.05) is 28.3 Å². The molecule has 1 aromatic heterocycles. The highest BCUT2D eigenvalue weighted by molar-refractivity contribution is 7.98.